The SMILES string of the molecule is COCCn1c(SCC(=O)Nc2ccc(Cl)cc2[N+](=O)[O-])nnc1-c1cccc(C)c1. The van der Waals surface area contributed by atoms with Crippen LogP contribution in [0.1, 0.15) is 5.56 Å². The van der Waals surface area contributed by atoms with Crippen molar-refractivity contribution in [2.75, 3.05) is 24.8 Å². The summed E-state index contributed by atoms with van der Waals surface area (Å²) in [5.74, 6) is 0.268. The Labute approximate surface area is 187 Å². The molecule has 0 unspecified atom stereocenters. The number of benzene rings is 2. The number of nitro groups is 1. The number of ether oxygens (including phenoxy) is 1. The summed E-state index contributed by atoms with van der Waals surface area (Å²) in [5.41, 5.74) is 1.82. The van der Waals surface area contributed by atoms with Crippen molar-refractivity contribution >= 4 is 40.6 Å². The molecule has 1 heterocycles. The minimum atomic E-state index is -0.593. The molecule has 2 aromatic carbocycles. The summed E-state index contributed by atoms with van der Waals surface area (Å²) >= 11 is 7.00. The molecule has 0 saturated heterocycles. The van der Waals surface area contributed by atoms with E-state index in [0.29, 0.717) is 24.1 Å². The number of rotatable bonds is 9. The first-order valence-corrected chi connectivity index (χ1v) is 10.6. The largest absolute Gasteiger partial charge is 0.383 e. The second kappa shape index (κ2) is 10.4. The quantitative estimate of drug-likeness (QED) is 0.289. The molecule has 0 atom stereocenters. The van der Waals surface area contributed by atoms with Crippen LogP contribution in [0.3, 0.4) is 0 Å². The Bertz CT molecular complexity index is 1100. The average molecular weight is 462 g/mol. The number of nitrogens with one attached hydrogen (secondary N) is 1. The fourth-order valence-corrected chi connectivity index (χ4v) is 3.79. The predicted octanol–water partition coefficient (Wildman–Crippen LogP) is 4.19. The van der Waals surface area contributed by atoms with Crippen LogP contribution in [0.5, 0.6) is 0 Å². The molecular formula is C20H20ClN5O4S. The van der Waals surface area contributed by atoms with Gasteiger partial charge in [0.2, 0.25) is 5.91 Å². The van der Waals surface area contributed by atoms with Crippen molar-refractivity contribution in [2.45, 2.75) is 18.6 Å². The number of anilines is 1. The van der Waals surface area contributed by atoms with E-state index in [2.05, 4.69) is 15.5 Å². The summed E-state index contributed by atoms with van der Waals surface area (Å²) in [6.07, 6.45) is 0. The maximum absolute atomic E-state index is 12.4. The van der Waals surface area contributed by atoms with Gasteiger partial charge in [-0.05, 0) is 25.1 Å². The van der Waals surface area contributed by atoms with Gasteiger partial charge in [0, 0.05) is 23.8 Å². The molecule has 0 spiro atoms. The van der Waals surface area contributed by atoms with Crippen molar-refractivity contribution in [1.29, 1.82) is 0 Å². The number of nitro benzene ring substituents is 1. The van der Waals surface area contributed by atoms with E-state index in [-0.39, 0.29) is 22.2 Å². The average Bonchev–Trinajstić information content (AvgIpc) is 3.14. The Balaban J connectivity index is 1.75. The lowest BCUT2D eigenvalue weighted by Gasteiger charge is -2.10. The van der Waals surface area contributed by atoms with Gasteiger partial charge in [0.05, 0.1) is 23.8 Å². The Morgan fingerprint density at radius 2 is 2.10 bits per heavy atom. The van der Waals surface area contributed by atoms with Gasteiger partial charge in [0.15, 0.2) is 11.0 Å². The lowest BCUT2D eigenvalue weighted by atomic mass is 10.1. The predicted molar refractivity (Wildman–Crippen MR) is 120 cm³/mol. The maximum Gasteiger partial charge on any atom is 0.294 e. The van der Waals surface area contributed by atoms with Crippen molar-refractivity contribution in [3.8, 4) is 11.4 Å². The number of aryl methyl sites for hydroxylation is 1. The van der Waals surface area contributed by atoms with Crippen molar-refractivity contribution < 1.29 is 14.5 Å². The van der Waals surface area contributed by atoms with E-state index < -0.39 is 10.8 Å². The highest BCUT2D eigenvalue weighted by Gasteiger charge is 2.19. The second-order valence-corrected chi connectivity index (χ2v) is 7.95. The minimum absolute atomic E-state index is 0.00128. The van der Waals surface area contributed by atoms with Gasteiger partial charge in [-0.15, -0.1) is 10.2 Å². The zero-order valence-electron chi connectivity index (χ0n) is 16.9. The molecule has 0 aliphatic rings. The van der Waals surface area contributed by atoms with Crippen LogP contribution in [0.2, 0.25) is 5.02 Å². The van der Waals surface area contributed by atoms with Gasteiger partial charge in [-0.1, -0.05) is 47.1 Å². The molecule has 0 aliphatic carbocycles. The fraction of sp³-hybridized carbons (Fsp3) is 0.250. The smallest absolute Gasteiger partial charge is 0.294 e. The lowest BCUT2D eigenvalue weighted by molar-refractivity contribution is -0.383. The lowest BCUT2D eigenvalue weighted by Crippen LogP contribution is -2.16. The van der Waals surface area contributed by atoms with Crippen molar-refractivity contribution in [2.24, 2.45) is 0 Å². The number of aromatic nitrogens is 3. The standard InChI is InChI=1S/C20H20ClN5O4S/c1-13-4-3-5-14(10-13)19-23-24-20(25(19)8-9-30-2)31-12-18(27)22-16-7-6-15(21)11-17(16)26(28)29/h3-7,10-11H,8-9,12H2,1-2H3,(H,22,27). The Morgan fingerprint density at radius 3 is 2.81 bits per heavy atom. The van der Waals surface area contributed by atoms with E-state index in [1.165, 1.54) is 30.0 Å². The number of carbonyl (C=O) groups excluding carboxylic acids is 1. The first-order chi connectivity index (χ1) is 14.9. The normalized spacial score (nSPS) is 10.8. The van der Waals surface area contributed by atoms with Gasteiger partial charge in [-0.25, -0.2) is 0 Å². The monoisotopic (exact) mass is 461 g/mol. The molecule has 0 fully saturated rings. The third kappa shape index (κ3) is 5.81. The highest BCUT2D eigenvalue weighted by molar-refractivity contribution is 7.99. The third-order valence-electron chi connectivity index (χ3n) is 4.28. The first-order valence-electron chi connectivity index (χ1n) is 9.25. The first kappa shape index (κ1) is 22.7. The van der Waals surface area contributed by atoms with Crippen molar-refractivity contribution in [1.82, 2.24) is 14.8 Å². The van der Waals surface area contributed by atoms with Crippen LogP contribution >= 0.6 is 23.4 Å². The molecule has 1 N–H and O–H groups in total. The van der Waals surface area contributed by atoms with E-state index in [0.717, 1.165) is 11.1 Å². The van der Waals surface area contributed by atoms with E-state index in [9.17, 15) is 14.9 Å². The topological polar surface area (TPSA) is 112 Å². The number of carbonyl (C=O) groups is 1. The van der Waals surface area contributed by atoms with Crippen LogP contribution in [0, 0.1) is 17.0 Å². The molecule has 3 aromatic rings. The van der Waals surface area contributed by atoms with E-state index in [4.69, 9.17) is 16.3 Å². The summed E-state index contributed by atoms with van der Waals surface area (Å²) in [6.45, 7) is 2.96. The van der Waals surface area contributed by atoms with Gasteiger partial charge < -0.3 is 10.1 Å². The van der Waals surface area contributed by atoms with Crippen LogP contribution in [0.15, 0.2) is 47.6 Å². The number of hydrogen-bond donors (Lipinski definition) is 1. The number of amides is 1. The van der Waals surface area contributed by atoms with Crippen LogP contribution < -0.4 is 5.32 Å². The second-order valence-electron chi connectivity index (χ2n) is 6.58. The number of thioether (sulfide) groups is 1. The molecule has 162 valence electrons. The van der Waals surface area contributed by atoms with E-state index >= 15 is 0 Å². The molecule has 11 heteroatoms. The number of hydrogen-bond acceptors (Lipinski definition) is 7. The van der Waals surface area contributed by atoms with E-state index in [1.807, 2.05) is 35.8 Å². The van der Waals surface area contributed by atoms with Crippen LogP contribution in [0.25, 0.3) is 11.4 Å². The molecule has 0 radical (unpaired) electrons. The Hall–Kier alpha value is -2.95. The third-order valence-corrected chi connectivity index (χ3v) is 5.48. The summed E-state index contributed by atoms with van der Waals surface area (Å²) in [6, 6.07) is 12.0. The highest BCUT2D eigenvalue weighted by atomic mass is 35.5. The number of halogens is 1. The number of methoxy groups -OCH3 is 1. The van der Waals surface area contributed by atoms with Gasteiger partial charge in [0.25, 0.3) is 5.69 Å². The molecule has 3 rings (SSSR count). The van der Waals surface area contributed by atoms with Gasteiger partial charge >= 0.3 is 0 Å². The molecule has 0 aliphatic heterocycles. The number of nitrogens with zero attached hydrogens (tertiary/aromatic N) is 4. The van der Waals surface area contributed by atoms with Crippen molar-refractivity contribution in [3.63, 3.8) is 0 Å². The summed E-state index contributed by atoms with van der Waals surface area (Å²) in [5, 5.41) is 23.0. The van der Waals surface area contributed by atoms with Crippen LogP contribution in [-0.4, -0.2) is 45.1 Å². The molecule has 31 heavy (non-hydrogen) atoms. The van der Waals surface area contributed by atoms with Gasteiger partial charge in [-0.2, -0.15) is 0 Å². The molecule has 1 amide bonds. The summed E-state index contributed by atoms with van der Waals surface area (Å²) < 4.78 is 7.08. The van der Waals surface area contributed by atoms with Crippen LogP contribution in [0.4, 0.5) is 11.4 Å². The summed E-state index contributed by atoms with van der Waals surface area (Å²) in [7, 11) is 1.61. The Kier molecular flexibility index (Phi) is 7.61. The maximum atomic E-state index is 12.4. The zero-order valence-corrected chi connectivity index (χ0v) is 18.4. The van der Waals surface area contributed by atoms with Gasteiger partial charge in [0.1, 0.15) is 5.69 Å². The minimum Gasteiger partial charge on any atom is -0.383 e. The summed E-state index contributed by atoms with van der Waals surface area (Å²) in [4.78, 5) is 23.0. The zero-order chi connectivity index (χ0) is 22.4. The van der Waals surface area contributed by atoms with Gasteiger partial charge in [-0.3, -0.25) is 19.5 Å². The van der Waals surface area contributed by atoms with Crippen molar-refractivity contribution in [3.05, 3.63) is 63.2 Å². The molecule has 1 aromatic heterocycles. The van der Waals surface area contributed by atoms with Crippen LogP contribution in [-0.2, 0) is 16.1 Å². The molecular weight excluding hydrogens is 442 g/mol. The van der Waals surface area contributed by atoms with E-state index in [1.54, 1.807) is 7.11 Å². The molecule has 0 bridgehead atoms. The highest BCUT2D eigenvalue weighted by Crippen LogP contribution is 2.29. The fourth-order valence-electron chi connectivity index (χ4n) is 2.86. The molecule has 0 saturated carbocycles. The molecule has 9 nitrogen and oxygen atoms in total. The Morgan fingerprint density at radius 1 is 1.29 bits per heavy atom.